The van der Waals surface area contributed by atoms with Gasteiger partial charge >= 0.3 is 0 Å². The summed E-state index contributed by atoms with van der Waals surface area (Å²) >= 11 is 5.86. The number of anilines is 1. The standard InChI is InChI=1S/C11H12ClNO2/c12-9-3-1-2-8(10(9)13)11(14)7-4-5-15-6-7/h1-3,7H,4-6,13H2. The number of benzene rings is 1. The van der Waals surface area contributed by atoms with E-state index in [1.165, 1.54) is 0 Å². The number of ketones is 1. The molecule has 4 heteroatoms. The van der Waals surface area contributed by atoms with Gasteiger partial charge in [-0.1, -0.05) is 17.7 Å². The molecule has 1 aromatic rings. The summed E-state index contributed by atoms with van der Waals surface area (Å²) in [6.45, 7) is 1.14. The third-order valence-corrected chi connectivity index (χ3v) is 2.95. The lowest BCUT2D eigenvalue weighted by Gasteiger charge is -2.09. The van der Waals surface area contributed by atoms with Crippen LogP contribution in [0.3, 0.4) is 0 Å². The predicted octanol–water partition coefficient (Wildman–Crippen LogP) is 2.14. The molecule has 1 atom stereocenters. The maximum Gasteiger partial charge on any atom is 0.170 e. The van der Waals surface area contributed by atoms with Gasteiger partial charge in [0, 0.05) is 18.1 Å². The molecule has 0 saturated carbocycles. The highest BCUT2D eigenvalue weighted by atomic mass is 35.5. The van der Waals surface area contributed by atoms with Crippen molar-refractivity contribution in [2.75, 3.05) is 18.9 Å². The number of nitrogen functional groups attached to an aromatic ring is 1. The summed E-state index contributed by atoms with van der Waals surface area (Å²) < 4.78 is 5.18. The number of carbonyl (C=O) groups excluding carboxylic acids is 1. The first-order valence-corrected chi connectivity index (χ1v) is 5.24. The number of Topliss-reactive ketones (excluding diaryl/α,β-unsaturated/α-hetero) is 1. The summed E-state index contributed by atoms with van der Waals surface area (Å²) in [6.07, 6.45) is 0.769. The fraction of sp³-hybridized carbons (Fsp3) is 0.364. The van der Waals surface area contributed by atoms with Gasteiger partial charge in [0.05, 0.1) is 17.3 Å². The molecule has 1 unspecified atom stereocenters. The van der Waals surface area contributed by atoms with Crippen molar-refractivity contribution in [1.82, 2.24) is 0 Å². The summed E-state index contributed by atoms with van der Waals surface area (Å²) in [6, 6.07) is 5.13. The van der Waals surface area contributed by atoms with Gasteiger partial charge in [0.15, 0.2) is 5.78 Å². The van der Waals surface area contributed by atoms with E-state index < -0.39 is 0 Å². The third-order valence-electron chi connectivity index (χ3n) is 2.62. The normalized spacial score (nSPS) is 20.5. The van der Waals surface area contributed by atoms with E-state index >= 15 is 0 Å². The molecule has 1 heterocycles. The molecular formula is C11H12ClNO2. The summed E-state index contributed by atoms with van der Waals surface area (Å²) in [7, 11) is 0. The Morgan fingerprint density at radius 1 is 1.53 bits per heavy atom. The number of ether oxygens (including phenoxy) is 1. The van der Waals surface area contributed by atoms with Crippen LogP contribution in [0.5, 0.6) is 0 Å². The Morgan fingerprint density at radius 3 is 3.00 bits per heavy atom. The number of nitrogens with two attached hydrogens (primary N) is 1. The lowest BCUT2D eigenvalue weighted by molar-refractivity contribution is 0.0901. The Morgan fingerprint density at radius 2 is 2.33 bits per heavy atom. The Labute approximate surface area is 93.2 Å². The highest BCUT2D eigenvalue weighted by Gasteiger charge is 2.26. The van der Waals surface area contributed by atoms with Crippen molar-refractivity contribution in [1.29, 1.82) is 0 Å². The Bertz CT molecular complexity index is 386. The Hall–Kier alpha value is -1.06. The predicted molar refractivity (Wildman–Crippen MR) is 59.1 cm³/mol. The molecular weight excluding hydrogens is 214 g/mol. The summed E-state index contributed by atoms with van der Waals surface area (Å²) in [4.78, 5) is 12.0. The van der Waals surface area contributed by atoms with E-state index in [0.29, 0.717) is 29.5 Å². The van der Waals surface area contributed by atoms with E-state index in [1.54, 1.807) is 18.2 Å². The molecule has 1 aliphatic heterocycles. The zero-order valence-electron chi connectivity index (χ0n) is 8.20. The van der Waals surface area contributed by atoms with Gasteiger partial charge in [-0.3, -0.25) is 4.79 Å². The molecule has 15 heavy (non-hydrogen) atoms. The minimum Gasteiger partial charge on any atom is -0.397 e. The van der Waals surface area contributed by atoms with Gasteiger partial charge in [-0.25, -0.2) is 0 Å². The minimum atomic E-state index is -0.0641. The maximum atomic E-state index is 12.0. The molecule has 3 nitrogen and oxygen atoms in total. The zero-order valence-corrected chi connectivity index (χ0v) is 8.96. The smallest absolute Gasteiger partial charge is 0.170 e. The van der Waals surface area contributed by atoms with Gasteiger partial charge in [0.2, 0.25) is 0 Å². The number of para-hydroxylation sites is 1. The number of carbonyl (C=O) groups is 1. The maximum absolute atomic E-state index is 12.0. The number of hydrogen-bond donors (Lipinski definition) is 1. The van der Waals surface area contributed by atoms with Crippen molar-refractivity contribution in [3.8, 4) is 0 Å². The first kappa shape index (κ1) is 10.5. The van der Waals surface area contributed by atoms with Crippen LogP contribution in [0.1, 0.15) is 16.8 Å². The summed E-state index contributed by atoms with van der Waals surface area (Å²) in [5.41, 5.74) is 6.64. The molecule has 1 aromatic carbocycles. The SMILES string of the molecule is Nc1c(Cl)cccc1C(=O)C1CCOC1. The van der Waals surface area contributed by atoms with E-state index in [-0.39, 0.29) is 11.7 Å². The van der Waals surface area contributed by atoms with Crippen molar-refractivity contribution < 1.29 is 9.53 Å². The fourth-order valence-electron chi connectivity index (χ4n) is 1.71. The van der Waals surface area contributed by atoms with E-state index in [9.17, 15) is 4.79 Å². The zero-order chi connectivity index (χ0) is 10.8. The van der Waals surface area contributed by atoms with Crippen molar-refractivity contribution in [2.45, 2.75) is 6.42 Å². The quantitative estimate of drug-likeness (QED) is 0.620. The van der Waals surface area contributed by atoms with Crippen molar-refractivity contribution >= 4 is 23.1 Å². The van der Waals surface area contributed by atoms with Gasteiger partial charge in [-0.15, -0.1) is 0 Å². The number of rotatable bonds is 2. The molecule has 1 aliphatic rings. The molecule has 80 valence electrons. The van der Waals surface area contributed by atoms with Crippen molar-refractivity contribution in [3.05, 3.63) is 28.8 Å². The molecule has 0 aliphatic carbocycles. The van der Waals surface area contributed by atoms with Gasteiger partial charge in [0.25, 0.3) is 0 Å². The highest BCUT2D eigenvalue weighted by Crippen LogP contribution is 2.27. The topological polar surface area (TPSA) is 52.3 Å². The Balaban J connectivity index is 2.28. The second kappa shape index (κ2) is 4.21. The van der Waals surface area contributed by atoms with Crippen LogP contribution in [0.15, 0.2) is 18.2 Å². The molecule has 2 N–H and O–H groups in total. The highest BCUT2D eigenvalue weighted by molar-refractivity contribution is 6.34. The van der Waals surface area contributed by atoms with Crippen molar-refractivity contribution in [3.63, 3.8) is 0 Å². The van der Waals surface area contributed by atoms with E-state index in [2.05, 4.69) is 0 Å². The van der Waals surface area contributed by atoms with E-state index in [4.69, 9.17) is 22.1 Å². The first-order valence-electron chi connectivity index (χ1n) is 4.86. The molecule has 1 saturated heterocycles. The van der Waals surface area contributed by atoms with Gasteiger partial charge in [0.1, 0.15) is 0 Å². The third kappa shape index (κ3) is 1.98. The molecule has 0 radical (unpaired) electrons. The molecule has 0 spiro atoms. The Kier molecular flexibility index (Phi) is 2.93. The van der Waals surface area contributed by atoms with Crippen LogP contribution in [0.2, 0.25) is 5.02 Å². The van der Waals surface area contributed by atoms with Crippen LogP contribution in [-0.2, 0) is 4.74 Å². The monoisotopic (exact) mass is 225 g/mol. The average molecular weight is 226 g/mol. The van der Waals surface area contributed by atoms with E-state index in [0.717, 1.165) is 6.42 Å². The lowest BCUT2D eigenvalue weighted by Crippen LogP contribution is -2.16. The number of hydrogen-bond acceptors (Lipinski definition) is 3. The van der Waals surface area contributed by atoms with Crippen LogP contribution >= 0.6 is 11.6 Å². The molecule has 0 bridgehead atoms. The van der Waals surface area contributed by atoms with Gasteiger partial charge in [-0.05, 0) is 18.6 Å². The second-order valence-corrected chi connectivity index (χ2v) is 4.03. The van der Waals surface area contributed by atoms with Gasteiger partial charge < -0.3 is 10.5 Å². The summed E-state index contributed by atoms with van der Waals surface area (Å²) in [5, 5.41) is 0.430. The molecule has 0 amide bonds. The van der Waals surface area contributed by atoms with E-state index in [1.807, 2.05) is 0 Å². The lowest BCUT2D eigenvalue weighted by atomic mass is 9.96. The van der Waals surface area contributed by atoms with Crippen LogP contribution in [0, 0.1) is 5.92 Å². The fourth-order valence-corrected chi connectivity index (χ4v) is 1.89. The first-order chi connectivity index (χ1) is 7.20. The minimum absolute atomic E-state index is 0.0347. The van der Waals surface area contributed by atoms with Crippen LogP contribution in [0.25, 0.3) is 0 Å². The average Bonchev–Trinajstić information content (AvgIpc) is 2.74. The number of halogens is 1. The van der Waals surface area contributed by atoms with Crippen LogP contribution in [-0.4, -0.2) is 19.0 Å². The molecule has 2 rings (SSSR count). The van der Waals surface area contributed by atoms with Crippen LogP contribution < -0.4 is 5.73 Å². The van der Waals surface area contributed by atoms with Crippen molar-refractivity contribution in [2.24, 2.45) is 5.92 Å². The summed E-state index contributed by atoms with van der Waals surface area (Å²) in [5.74, 6) is -0.0294. The van der Waals surface area contributed by atoms with Gasteiger partial charge in [-0.2, -0.15) is 0 Å². The largest absolute Gasteiger partial charge is 0.397 e. The second-order valence-electron chi connectivity index (χ2n) is 3.63. The molecule has 0 aromatic heterocycles. The molecule has 1 fully saturated rings. The van der Waals surface area contributed by atoms with Crippen LogP contribution in [0.4, 0.5) is 5.69 Å².